The second-order valence-corrected chi connectivity index (χ2v) is 10.1. The Morgan fingerprint density at radius 1 is 1.13 bits per heavy atom. The molecule has 0 fully saturated rings. The number of carbonyl (C=O) groups is 1. The lowest BCUT2D eigenvalue weighted by atomic mass is 9.96. The molecule has 198 valence electrons. The molecule has 4 aromatic rings. The maximum atomic E-state index is 14.0. The topological polar surface area (TPSA) is 98.6 Å². The molecule has 0 bridgehead atoms. The fourth-order valence-corrected chi connectivity index (χ4v) is 6.09. The van der Waals surface area contributed by atoms with Crippen LogP contribution in [0.15, 0.2) is 69.6 Å². The highest BCUT2D eigenvalue weighted by molar-refractivity contribution is 7.07. The minimum absolute atomic E-state index is 0.210. The van der Waals surface area contributed by atoms with Crippen LogP contribution in [0.5, 0.6) is 5.75 Å². The van der Waals surface area contributed by atoms with Crippen molar-refractivity contribution in [3.8, 4) is 11.8 Å². The lowest BCUT2D eigenvalue weighted by molar-refractivity contribution is -0.139. The number of fused-ring (bicyclic) bond motifs is 2. The van der Waals surface area contributed by atoms with Gasteiger partial charge in [-0.25, -0.2) is 9.79 Å². The number of ether oxygens (including phenoxy) is 2. The first-order chi connectivity index (χ1) is 18.9. The zero-order chi connectivity index (χ0) is 27.7. The highest BCUT2D eigenvalue weighted by Gasteiger charge is 2.33. The van der Waals surface area contributed by atoms with Crippen molar-refractivity contribution >= 4 is 34.3 Å². The number of nitrogens with zero attached hydrogens (tertiary/aromatic N) is 4. The van der Waals surface area contributed by atoms with E-state index in [0.29, 0.717) is 33.0 Å². The predicted molar refractivity (Wildman–Crippen MR) is 150 cm³/mol. The number of allylic oxidation sites excluding steroid dienone is 1. The normalized spacial score (nSPS) is 15.2. The SMILES string of the molecule is CCOC(=O)C1=C(C)N=c2s/c(=C\c3c(C)n(CC#N)c4ccccc34)c(=O)n2[C@@H]1c1ccc(OCC)cc1. The fourth-order valence-electron chi connectivity index (χ4n) is 5.07. The van der Waals surface area contributed by atoms with Crippen LogP contribution in [-0.4, -0.2) is 28.3 Å². The third-order valence-corrected chi connectivity index (χ3v) is 7.79. The van der Waals surface area contributed by atoms with Crippen LogP contribution in [0.1, 0.15) is 43.6 Å². The molecule has 1 atom stereocenters. The average Bonchev–Trinajstić information content (AvgIpc) is 3.37. The molecule has 1 aliphatic rings. The summed E-state index contributed by atoms with van der Waals surface area (Å²) >= 11 is 1.28. The van der Waals surface area contributed by atoms with Crippen LogP contribution in [0.4, 0.5) is 0 Å². The number of para-hydroxylation sites is 1. The van der Waals surface area contributed by atoms with Crippen LogP contribution in [0.25, 0.3) is 17.0 Å². The summed E-state index contributed by atoms with van der Waals surface area (Å²) in [4.78, 5) is 32.3. The molecule has 0 amide bonds. The number of aromatic nitrogens is 2. The molecule has 0 unspecified atom stereocenters. The van der Waals surface area contributed by atoms with Crippen LogP contribution in [0.2, 0.25) is 0 Å². The molecule has 0 saturated heterocycles. The van der Waals surface area contributed by atoms with Gasteiger partial charge in [0.15, 0.2) is 4.80 Å². The van der Waals surface area contributed by atoms with Crippen LogP contribution in [0, 0.1) is 18.3 Å². The van der Waals surface area contributed by atoms with Gasteiger partial charge in [0, 0.05) is 22.2 Å². The second-order valence-electron chi connectivity index (χ2n) is 9.06. The van der Waals surface area contributed by atoms with E-state index in [9.17, 15) is 14.9 Å². The van der Waals surface area contributed by atoms with E-state index in [0.717, 1.165) is 27.7 Å². The van der Waals surface area contributed by atoms with Gasteiger partial charge in [-0.05, 0) is 57.5 Å². The number of hydrogen-bond donors (Lipinski definition) is 0. The molecule has 2 aromatic heterocycles. The molecule has 5 rings (SSSR count). The average molecular weight is 541 g/mol. The van der Waals surface area contributed by atoms with E-state index >= 15 is 0 Å². The first-order valence-electron chi connectivity index (χ1n) is 12.8. The molecule has 8 nitrogen and oxygen atoms in total. The Morgan fingerprint density at radius 2 is 1.87 bits per heavy atom. The number of carbonyl (C=O) groups excluding carboxylic acids is 1. The number of thiazole rings is 1. The number of rotatable bonds is 7. The molecule has 39 heavy (non-hydrogen) atoms. The molecular weight excluding hydrogens is 512 g/mol. The lowest BCUT2D eigenvalue weighted by Gasteiger charge is -2.24. The molecule has 0 spiro atoms. The molecule has 0 saturated carbocycles. The molecule has 9 heteroatoms. The third kappa shape index (κ3) is 4.57. The van der Waals surface area contributed by atoms with Crippen molar-refractivity contribution in [2.45, 2.75) is 40.3 Å². The Kier molecular flexibility index (Phi) is 7.22. The summed E-state index contributed by atoms with van der Waals surface area (Å²) in [7, 11) is 0. The summed E-state index contributed by atoms with van der Waals surface area (Å²) < 4.78 is 15.0. The number of benzene rings is 2. The largest absolute Gasteiger partial charge is 0.494 e. The van der Waals surface area contributed by atoms with Gasteiger partial charge in [-0.1, -0.05) is 41.7 Å². The molecular formula is C30H28N4O4S. The van der Waals surface area contributed by atoms with Gasteiger partial charge in [0.05, 0.1) is 41.1 Å². The Morgan fingerprint density at radius 3 is 2.56 bits per heavy atom. The Balaban J connectivity index is 1.74. The van der Waals surface area contributed by atoms with Gasteiger partial charge in [-0.3, -0.25) is 9.36 Å². The number of nitriles is 1. The van der Waals surface area contributed by atoms with Crippen molar-refractivity contribution in [3.05, 3.63) is 96.3 Å². The zero-order valence-electron chi connectivity index (χ0n) is 22.2. The summed E-state index contributed by atoms with van der Waals surface area (Å²) in [6, 6.07) is 16.8. The summed E-state index contributed by atoms with van der Waals surface area (Å²) in [5.41, 5.74) is 4.07. The van der Waals surface area contributed by atoms with E-state index in [2.05, 4.69) is 11.1 Å². The van der Waals surface area contributed by atoms with E-state index in [1.54, 1.807) is 18.4 Å². The van der Waals surface area contributed by atoms with Crippen LogP contribution >= 0.6 is 11.3 Å². The van der Waals surface area contributed by atoms with Crippen LogP contribution in [-0.2, 0) is 16.1 Å². The fraction of sp³-hybridized carbons (Fsp3) is 0.267. The maximum absolute atomic E-state index is 14.0. The van der Waals surface area contributed by atoms with Gasteiger partial charge in [-0.15, -0.1) is 0 Å². The molecule has 3 heterocycles. The van der Waals surface area contributed by atoms with E-state index in [1.165, 1.54) is 11.3 Å². The van der Waals surface area contributed by atoms with Crippen molar-refractivity contribution in [2.24, 2.45) is 4.99 Å². The van der Waals surface area contributed by atoms with Crippen molar-refractivity contribution in [2.75, 3.05) is 13.2 Å². The summed E-state index contributed by atoms with van der Waals surface area (Å²) in [5.74, 6) is 0.207. The first-order valence-corrected chi connectivity index (χ1v) is 13.6. The first kappa shape index (κ1) is 26.2. The smallest absolute Gasteiger partial charge is 0.338 e. The lowest BCUT2D eigenvalue weighted by Crippen LogP contribution is -2.39. The number of hydrogen-bond acceptors (Lipinski definition) is 7. The monoisotopic (exact) mass is 540 g/mol. The highest BCUT2D eigenvalue weighted by Crippen LogP contribution is 2.32. The molecule has 1 aliphatic heterocycles. The molecule has 0 radical (unpaired) electrons. The third-order valence-electron chi connectivity index (χ3n) is 6.81. The molecule has 2 aromatic carbocycles. The van der Waals surface area contributed by atoms with Gasteiger partial charge in [0.25, 0.3) is 5.56 Å². The summed E-state index contributed by atoms with van der Waals surface area (Å²) in [6.07, 6.45) is 1.87. The molecule has 0 N–H and O–H groups in total. The van der Waals surface area contributed by atoms with Gasteiger partial charge in [0.2, 0.25) is 0 Å². The minimum atomic E-state index is -0.695. The highest BCUT2D eigenvalue weighted by atomic mass is 32.1. The van der Waals surface area contributed by atoms with Gasteiger partial charge in [-0.2, -0.15) is 5.26 Å². The summed E-state index contributed by atoms with van der Waals surface area (Å²) in [5, 5.41) is 10.3. The van der Waals surface area contributed by atoms with Crippen LogP contribution < -0.4 is 19.6 Å². The minimum Gasteiger partial charge on any atom is -0.494 e. The van der Waals surface area contributed by atoms with E-state index in [4.69, 9.17) is 9.47 Å². The van der Waals surface area contributed by atoms with E-state index in [-0.39, 0.29) is 18.7 Å². The van der Waals surface area contributed by atoms with Crippen molar-refractivity contribution in [3.63, 3.8) is 0 Å². The summed E-state index contributed by atoms with van der Waals surface area (Å²) in [6.45, 7) is 8.34. The quantitative estimate of drug-likeness (QED) is 0.330. The predicted octanol–water partition coefficient (Wildman–Crippen LogP) is 3.98. The number of esters is 1. The van der Waals surface area contributed by atoms with Gasteiger partial charge < -0.3 is 14.0 Å². The van der Waals surface area contributed by atoms with Crippen molar-refractivity contribution < 1.29 is 14.3 Å². The van der Waals surface area contributed by atoms with Crippen LogP contribution in [0.3, 0.4) is 0 Å². The van der Waals surface area contributed by atoms with Gasteiger partial charge in [0.1, 0.15) is 12.3 Å². The Labute approximate surface area is 229 Å². The Bertz CT molecular complexity index is 1830. The van der Waals surface area contributed by atoms with E-state index < -0.39 is 12.0 Å². The van der Waals surface area contributed by atoms with Gasteiger partial charge >= 0.3 is 5.97 Å². The Hall–Kier alpha value is -4.42. The van der Waals surface area contributed by atoms with Crippen molar-refractivity contribution in [1.29, 1.82) is 5.26 Å². The zero-order valence-corrected chi connectivity index (χ0v) is 23.0. The maximum Gasteiger partial charge on any atom is 0.338 e. The second kappa shape index (κ2) is 10.8. The standard InChI is InChI=1S/C30H28N4O4S/c1-5-37-21-13-11-20(12-14-21)27-26(29(36)38-6-2)18(3)32-30-34(27)28(35)25(39-30)17-23-19(4)33(16-15-31)24-10-8-7-9-22(23)24/h7-14,17,27H,5-6,16H2,1-4H3/b25-17-/t27-/m1/s1. The molecule has 0 aliphatic carbocycles. The van der Waals surface area contributed by atoms with E-state index in [1.807, 2.05) is 73.0 Å². The van der Waals surface area contributed by atoms with Crippen molar-refractivity contribution in [1.82, 2.24) is 9.13 Å².